The van der Waals surface area contributed by atoms with Crippen LogP contribution in [0, 0.1) is 11.8 Å². The van der Waals surface area contributed by atoms with Gasteiger partial charge < -0.3 is 10.1 Å². The molecule has 1 amide bonds. The number of methoxy groups -OCH3 is 1. The molecule has 1 unspecified atom stereocenters. The summed E-state index contributed by atoms with van der Waals surface area (Å²) < 4.78 is 8.96. The fourth-order valence-corrected chi connectivity index (χ4v) is 2.07. The van der Waals surface area contributed by atoms with E-state index in [1.165, 1.54) is 24.4 Å². The van der Waals surface area contributed by atoms with E-state index in [2.05, 4.69) is 9.69 Å². The zero-order chi connectivity index (χ0) is 10.8. The van der Waals surface area contributed by atoms with Gasteiger partial charge in [-0.05, 0) is 30.3 Å². The summed E-state index contributed by atoms with van der Waals surface area (Å²) in [6.07, 6.45) is 2.36. The van der Waals surface area contributed by atoms with Gasteiger partial charge in [-0.2, -0.15) is 4.37 Å². The van der Waals surface area contributed by atoms with Crippen molar-refractivity contribution in [1.82, 2.24) is 4.37 Å². The fourth-order valence-electron chi connectivity index (χ4n) is 1.46. The van der Waals surface area contributed by atoms with E-state index in [0.29, 0.717) is 11.8 Å². The van der Waals surface area contributed by atoms with Gasteiger partial charge in [0.1, 0.15) is 5.00 Å². The van der Waals surface area contributed by atoms with Gasteiger partial charge >= 0.3 is 0 Å². The van der Waals surface area contributed by atoms with Crippen molar-refractivity contribution in [3.8, 4) is 5.88 Å². The highest BCUT2D eigenvalue weighted by Gasteiger charge is 2.32. The van der Waals surface area contributed by atoms with Crippen LogP contribution in [0.4, 0.5) is 5.00 Å². The van der Waals surface area contributed by atoms with Crippen LogP contribution in [0.15, 0.2) is 6.07 Å². The van der Waals surface area contributed by atoms with Crippen LogP contribution in [0.3, 0.4) is 0 Å². The van der Waals surface area contributed by atoms with E-state index < -0.39 is 0 Å². The van der Waals surface area contributed by atoms with Crippen molar-refractivity contribution in [3.63, 3.8) is 0 Å². The Morgan fingerprint density at radius 3 is 3.00 bits per heavy atom. The lowest BCUT2D eigenvalue weighted by Gasteiger charge is -2.08. The number of hydrogen-bond donors (Lipinski definition) is 1. The zero-order valence-electron chi connectivity index (χ0n) is 8.82. The van der Waals surface area contributed by atoms with Crippen LogP contribution in [0.1, 0.15) is 19.8 Å². The number of hydrogen-bond acceptors (Lipinski definition) is 4. The summed E-state index contributed by atoms with van der Waals surface area (Å²) >= 11 is 1.25. The Morgan fingerprint density at radius 1 is 1.73 bits per heavy atom. The standard InChI is InChI=1S/C10H14N2O2S/c1-6(7-3-4-7)10(13)11-9-5-8(14-2)12-15-9/h5-7H,3-4H2,1-2H3,(H,11,13). The Hall–Kier alpha value is -1.10. The van der Waals surface area contributed by atoms with Gasteiger partial charge in [0.15, 0.2) is 0 Å². The molecule has 15 heavy (non-hydrogen) atoms. The molecule has 0 radical (unpaired) electrons. The van der Waals surface area contributed by atoms with Gasteiger partial charge in [0.25, 0.3) is 0 Å². The van der Waals surface area contributed by atoms with Crippen LogP contribution in [0.5, 0.6) is 5.88 Å². The molecular weight excluding hydrogens is 212 g/mol. The first-order chi connectivity index (χ1) is 7.20. The minimum Gasteiger partial charge on any atom is -0.480 e. The van der Waals surface area contributed by atoms with Crippen LogP contribution in [-0.4, -0.2) is 17.4 Å². The lowest BCUT2D eigenvalue weighted by molar-refractivity contribution is -0.119. The third kappa shape index (κ3) is 2.47. The summed E-state index contributed by atoms with van der Waals surface area (Å²) in [6.45, 7) is 1.98. The van der Waals surface area contributed by atoms with Crippen LogP contribution < -0.4 is 10.1 Å². The first kappa shape index (κ1) is 10.4. The number of anilines is 1. The smallest absolute Gasteiger partial charge is 0.228 e. The van der Waals surface area contributed by atoms with Crippen molar-refractivity contribution in [2.24, 2.45) is 11.8 Å². The highest BCUT2D eigenvalue weighted by atomic mass is 32.1. The predicted octanol–water partition coefficient (Wildman–Crippen LogP) is 2.14. The second-order valence-corrected chi connectivity index (χ2v) is 4.65. The lowest BCUT2D eigenvalue weighted by Crippen LogP contribution is -2.21. The number of carbonyl (C=O) groups excluding carboxylic acids is 1. The SMILES string of the molecule is COc1cc(NC(=O)C(C)C2CC2)sn1. The molecule has 1 aromatic rings. The average molecular weight is 226 g/mol. The Bertz CT molecular complexity index is 360. The van der Waals surface area contributed by atoms with Crippen LogP contribution in [-0.2, 0) is 4.79 Å². The molecular formula is C10H14N2O2S. The third-order valence-corrected chi connectivity index (χ3v) is 3.37. The number of nitrogens with zero attached hydrogens (tertiary/aromatic N) is 1. The molecule has 1 saturated carbocycles. The summed E-state index contributed by atoms with van der Waals surface area (Å²) in [4.78, 5) is 11.7. The maximum atomic E-state index is 11.7. The van der Waals surface area contributed by atoms with E-state index in [9.17, 15) is 4.79 Å². The highest BCUT2D eigenvalue weighted by molar-refractivity contribution is 7.10. The number of ether oxygens (including phenoxy) is 1. The molecule has 0 spiro atoms. The summed E-state index contributed by atoms with van der Waals surface area (Å²) in [6, 6.07) is 1.74. The molecule has 1 atom stereocenters. The van der Waals surface area contributed by atoms with E-state index in [0.717, 1.165) is 5.00 Å². The summed E-state index contributed by atoms with van der Waals surface area (Å²) in [5, 5.41) is 3.61. The molecule has 1 aromatic heterocycles. The van der Waals surface area contributed by atoms with Crippen molar-refractivity contribution in [3.05, 3.63) is 6.07 Å². The normalized spacial score (nSPS) is 17.2. The van der Waals surface area contributed by atoms with Gasteiger partial charge in [-0.15, -0.1) is 0 Å². The van der Waals surface area contributed by atoms with Gasteiger partial charge in [0.05, 0.1) is 7.11 Å². The van der Waals surface area contributed by atoms with Crippen LogP contribution in [0.2, 0.25) is 0 Å². The number of rotatable bonds is 4. The molecule has 1 aliphatic carbocycles. The van der Waals surface area contributed by atoms with Gasteiger partial charge in [0.2, 0.25) is 11.8 Å². The number of nitrogens with one attached hydrogen (secondary N) is 1. The molecule has 1 heterocycles. The van der Waals surface area contributed by atoms with Crippen molar-refractivity contribution >= 4 is 22.4 Å². The summed E-state index contributed by atoms with van der Waals surface area (Å²) in [5.41, 5.74) is 0. The minimum absolute atomic E-state index is 0.0869. The van der Waals surface area contributed by atoms with Crippen molar-refractivity contribution < 1.29 is 9.53 Å². The minimum atomic E-state index is 0.0869. The molecule has 1 fully saturated rings. The molecule has 1 N–H and O–H groups in total. The predicted molar refractivity (Wildman–Crippen MR) is 59.2 cm³/mol. The zero-order valence-corrected chi connectivity index (χ0v) is 9.63. The lowest BCUT2D eigenvalue weighted by atomic mass is 10.1. The van der Waals surface area contributed by atoms with E-state index in [1.807, 2.05) is 6.92 Å². The molecule has 0 bridgehead atoms. The van der Waals surface area contributed by atoms with Crippen LogP contribution in [0.25, 0.3) is 0 Å². The van der Waals surface area contributed by atoms with E-state index in [4.69, 9.17) is 4.74 Å². The van der Waals surface area contributed by atoms with Gasteiger partial charge in [-0.1, -0.05) is 6.92 Å². The largest absolute Gasteiger partial charge is 0.480 e. The third-order valence-electron chi connectivity index (χ3n) is 2.69. The van der Waals surface area contributed by atoms with Crippen molar-refractivity contribution in [2.75, 3.05) is 12.4 Å². The van der Waals surface area contributed by atoms with E-state index in [-0.39, 0.29) is 11.8 Å². The molecule has 1 aliphatic rings. The first-order valence-corrected chi connectivity index (χ1v) is 5.79. The summed E-state index contributed by atoms with van der Waals surface area (Å²) in [7, 11) is 1.56. The highest BCUT2D eigenvalue weighted by Crippen LogP contribution is 2.37. The Balaban J connectivity index is 1.92. The quantitative estimate of drug-likeness (QED) is 0.855. The number of carbonyl (C=O) groups is 1. The first-order valence-electron chi connectivity index (χ1n) is 5.02. The van der Waals surface area contributed by atoms with Gasteiger partial charge in [0, 0.05) is 12.0 Å². The molecule has 5 heteroatoms. The Morgan fingerprint density at radius 2 is 2.47 bits per heavy atom. The second-order valence-electron chi connectivity index (χ2n) is 3.85. The topological polar surface area (TPSA) is 51.2 Å². The van der Waals surface area contributed by atoms with Crippen molar-refractivity contribution in [2.45, 2.75) is 19.8 Å². The van der Waals surface area contributed by atoms with Gasteiger partial charge in [-0.3, -0.25) is 4.79 Å². The Labute approximate surface area is 92.8 Å². The van der Waals surface area contributed by atoms with Crippen LogP contribution >= 0.6 is 11.5 Å². The Kier molecular flexibility index (Phi) is 2.90. The molecule has 82 valence electrons. The van der Waals surface area contributed by atoms with E-state index in [1.54, 1.807) is 13.2 Å². The maximum Gasteiger partial charge on any atom is 0.228 e. The molecule has 0 aliphatic heterocycles. The monoisotopic (exact) mass is 226 g/mol. The number of amides is 1. The second kappa shape index (κ2) is 4.18. The molecule has 2 rings (SSSR count). The van der Waals surface area contributed by atoms with E-state index >= 15 is 0 Å². The average Bonchev–Trinajstić information content (AvgIpc) is 2.98. The molecule has 4 nitrogen and oxygen atoms in total. The fraction of sp³-hybridized carbons (Fsp3) is 0.600. The summed E-state index contributed by atoms with van der Waals surface area (Å²) in [5.74, 6) is 1.33. The van der Waals surface area contributed by atoms with Gasteiger partial charge in [-0.25, -0.2) is 0 Å². The number of aromatic nitrogens is 1. The maximum absolute atomic E-state index is 11.7. The van der Waals surface area contributed by atoms with Crippen molar-refractivity contribution in [1.29, 1.82) is 0 Å². The molecule has 0 aromatic carbocycles. The molecule has 0 saturated heterocycles.